The van der Waals surface area contributed by atoms with E-state index in [1.54, 1.807) is 17.0 Å². The molecule has 2 aliphatic heterocycles. The summed E-state index contributed by atoms with van der Waals surface area (Å²) in [6.45, 7) is 0.478. The molecular formula is C24H19F3N4O. The average molecular weight is 436 g/mol. The predicted octanol–water partition coefficient (Wildman–Crippen LogP) is 5.98. The lowest BCUT2D eigenvalue weighted by Crippen LogP contribution is -2.45. The minimum Gasteiger partial charge on any atom is -0.362 e. The number of likely N-dealkylation sites (tertiary alicyclic amines) is 1. The molecule has 5 rings (SSSR count). The van der Waals surface area contributed by atoms with Gasteiger partial charge < -0.3 is 10.2 Å². The fraction of sp³-hybridized carbons (Fsp3) is 0.208. The summed E-state index contributed by atoms with van der Waals surface area (Å²) in [4.78, 5) is 14.9. The van der Waals surface area contributed by atoms with E-state index in [0.29, 0.717) is 24.2 Å². The first-order chi connectivity index (χ1) is 15.4. The van der Waals surface area contributed by atoms with Crippen LogP contribution in [-0.4, -0.2) is 23.5 Å². The van der Waals surface area contributed by atoms with E-state index in [4.69, 9.17) is 0 Å². The SMILES string of the molecule is O=C(c1ccccc1)N1CC[C@@]2(N=Nc3ccc(C(F)(F)F)cc3)c3ccccc3NC12. The predicted molar refractivity (Wildman–Crippen MR) is 114 cm³/mol. The van der Waals surface area contributed by atoms with Gasteiger partial charge in [-0.3, -0.25) is 4.79 Å². The van der Waals surface area contributed by atoms with Crippen molar-refractivity contribution in [3.63, 3.8) is 0 Å². The van der Waals surface area contributed by atoms with Gasteiger partial charge in [-0.15, -0.1) is 0 Å². The largest absolute Gasteiger partial charge is 0.416 e. The smallest absolute Gasteiger partial charge is 0.362 e. The Kier molecular flexibility index (Phi) is 4.73. The number of amides is 1. The summed E-state index contributed by atoms with van der Waals surface area (Å²) in [5.41, 5.74) is 1.15. The van der Waals surface area contributed by atoms with E-state index >= 15 is 0 Å². The molecule has 0 aromatic heterocycles. The van der Waals surface area contributed by atoms with E-state index < -0.39 is 23.4 Å². The summed E-state index contributed by atoms with van der Waals surface area (Å²) in [5.74, 6) is -0.109. The highest BCUT2D eigenvalue weighted by Crippen LogP contribution is 2.50. The minimum absolute atomic E-state index is 0.109. The van der Waals surface area contributed by atoms with Crippen molar-refractivity contribution in [2.75, 3.05) is 11.9 Å². The number of azo groups is 1. The third kappa shape index (κ3) is 3.32. The highest BCUT2D eigenvalue weighted by Gasteiger charge is 2.56. The molecule has 8 heteroatoms. The number of benzene rings is 3. The van der Waals surface area contributed by atoms with Crippen molar-refractivity contribution in [3.8, 4) is 0 Å². The number of carbonyl (C=O) groups is 1. The maximum Gasteiger partial charge on any atom is 0.416 e. The molecule has 1 amide bonds. The highest BCUT2D eigenvalue weighted by molar-refractivity contribution is 5.95. The van der Waals surface area contributed by atoms with Gasteiger partial charge in [-0.2, -0.15) is 23.4 Å². The number of nitrogens with one attached hydrogen (secondary N) is 1. The van der Waals surface area contributed by atoms with Crippen molar-refractivity contribution in [2.24, 2.45) is 10.2 Å². The van der Waals surface area contributed by atoms with E-state index in [1.807, 2.05) is 42.5 Å². The number of anilines is 1. The molecule has 1 fully saturated rings. The van der Waals surface area contributed by atoms with E-state index in [-0.39, 0.29) is 5.91 Å². The van der Waals surface area contributed by atoms with Crippen molar-refractivity contribution >= 4 is 17.3 Å². The van der Waals surface area contributed by atoms with Crippen LogP contribution < -0.4 is 5.32 Å². The van der Waals surface area contributed by atoms with Crippen LogP contribution in [0.2, 0.25) is 0 Å². The second-order valence-electron chi connectivity index (χ2n) is 7.88. The number of halogens is 3. The van der Waals surface area contributed by atoms with Crippen LogP contribution >= 0.6 is 0 Å². The van der Waals surface area contributed by atoms with Gasteiger partial charge in [0.15, 0.2) is 0 Å². The Labute approximate surface area is 182 Å². The topological polar surface area (TPSA) is 57.1 Å². The minimum atomic E-state index is -4.41. The van der Waals surface area contributed by atoms with Crippen LogP contribution in [-0.2, 0) is 11.7 Å². The van der Waals surface area contributed by atoms with Crippen molar-refractivity contribution < 1.29 is 18.0 Å². The summed E-state index contributed by atoms with van der Waals surface area (Å²) in [6.07, 6.45) is -4.30. The summed E-state index contributed by atoms with van der Waals surface area (Å²) in [7, 11) is 0. The first-order valence-corrected chi connectivity index (χ1v) is 10.2. The van der Waals surface area contributed by atoms with Gasteiger partial charge >= 0.3 is 6.18 Å². The number of carbonyl (C=O) groups excluding carboxylic acids is 1. The molecule has 0 bridgehead atoms. The third-order valence-electron chi connectivity index (χ3n) is 6.00. The number of hydrogen-bond acceptors (Lipinski definition) is 4. The molecule has 1 saturated heterocycles. The van der Waals surface area contributed by atoms with Crippen LogP contribution in [0.1, 0.15) is 27.9 Å². The molecule has 0 saturated carbocycles. The maximum absolute atomic E-state index is 13.2. The monoisotopic (exact) mass is 436 g/mol. The lowest BCUT2D eigenvalue weighted by molar-refractivity contribution is -0.137. The van der Waals surface area contributed by atoms with Gasteiger partial charge in [-0.1, -0.05) is 36.4 Å². The van der Waals surface area contributed by atoms with E-state index in [2.05, 4.69) is 15.5 Å². The molecule has 0 spiro atoms. The zero-order chi connectivity index (χ0) is 22.3. The fourth-order valence-electron chi connectivity index (χ4n) is 4.42. The van der Waals surface area contributed by atoms with Gasteiger partial charge in [0, 0.05) is 29.8 Å². The quantitative estimate of drug-likeness (QED) is 0.514. The van der Waals surface area contributed by atoms with Crippen molar-refractivity contribution in [2.45, 2.75) is 24.3 Å². The molecule has 2 heterocycles. The molecule has 1 N–H and O–H groups in total. The van der Waals surface area contributed by atoms with E-state index in [0.717, 1.165) is 23.4 Å². The molecule has 0 aliphatic carbocycles. The fourth-order valence-corrected chi connectivity index (χ4v) is 4.42. The van der Waals surface area contributed by atoms with Gasteiger partial charge in [0.05, 0.1) is 11.3 Å². The zero-order valence-corrected chi connectivity index (χ0v) is 16.9. The molecular weight excluding hydrogens is 417 g/mol. The number of para-hydroxylation sites is 1. The Morgan fingerprint density at radius 1 is 0.969 bits per heavy atom. The molecule has 2 aliphatic rings. The number of nitrogens with zero attached hydrogens (tertiary/aromatic N) is 3. The van der Waals surface area contributed by atoms with Gasteiger partial charge in [0.25, 0.3) is 5.91 Å². The first-order valence-electron chi connectivity index (χ1n) is 10.2. The standard InChI is InChI=1S/C24H19F3N4O/c25-24(26,27)17-10-12-18(13-11-17)29-30-23-14-15-31(21(32)16-6-2-1-3-7-16)22(23)28-20-9-5-4-8-19(20)23/h1-13,22,28H,14-15H2/t22?,23-/m1/s1. The van der Waals surface area contributed by atoms with Crippen LogP contribution in [0.4, 0.5) is 24.5 Å². The van der Waals surface area contributed by atoms with Crippen molar-refractivity contribution in [1.82, 2.24) is 4.90 Å². The van der Waals surface area contributed by atoms with Crippen LogP contribution in [0.5, 0.6) is 0 Å². The van der Waals surface area contributed by atoms with Crippen LogP contribution in [0.3, 0.4) is 0 Å². The van der Waals surface area contributed by atoms with Crippen molar-refractivity contribution in [1.29, 1.82) is 0 Å². The lowest BCUT2D eigenvalue weighted by Gasteiger charge is -2.28. The van der Waals surface area contributed by atoms with Crippen LogP contribution in [0, 0.1) is 0 Å². The molecule has 32 heavy (non-hydrogen) atoms. The van der Waals surface area contributed by atoms with Crippen molar-refractivity contribution in [3.05, 3.63) is 95.6 Å². The second-order valence-corrected chi connectivity index (χ2v) is 7.88. The van der Waals surface area contributed by atoms with Gasteiger partial charge in [0.2, 0.25) is 0 Å². The Balaban J connectivity index is 1.49. The molecule has 3 aromatic rings. The Morgan fingerprint density at radius 2 is 1.66 bits per heavy atom. The first kappa shape index (κ1) is 20.2. The number of fused-ring (bicyclic) bond motifs is 3. The summed E-state index contributed by atoms with van der Waals surface area (Å²) in [6, 6.07) is 21.3. The third-order valence-corrected chi connectivity index (χ3v) is 6.00. The van der Waals surface area contributed by atoms with Gasteiger partial charge in [-0.05, 0) is 42.5 Å². The van der Waals surface area contributed by atoms with Gasteiger partial charge in [0.1, 0.15) is 11.7 Å². The van der Waals surface area contributed by atoms with Crippen LogP contribution in [0.15, 0.2) is 89.1 Å². The zero-order valence-electron chi connectivity index (χ0n) is 16.9. The van der Waals surface area contributed by atoms with E-state index in [9.17, 15) is 18.0 Å². The number of alkyl halides is 3. The normalized spacial score (nSPS) is 22.0. The lowest BCUT2D eigenvalue weighted by atomic mass is 9.90. The Bertz CT molecular complexity index is 1180. The van der Waals surface area contributed by atoms with Gasteiger partial charge in [-0.25, -0.2) is 0 Å². The van der Waals surface area contributed by atoms with E-state index in [1.165, 1.54) is 12.1 Å². The second kappa shape index (κ2) is 7.47. The number of rotatable bonds is 3. The molecule has 0 radical (unpaired) electrons. The summed E-state index contributed by atoms with van der Waals surface area (Å²) < 4.78 is 38.6. The van der Waals surface area contributed by atoms with Crippen LogP contribution in [0.25, 0.3) is 0 Å². The molecule has 5 nitrogen and oxygen atoms in total. The molecule has 2 atom stereocenters. The number of hydrogen-bond donors (Lipinski definition) is 1. The molecule has 3 aromatic carbocycles. The summed E-state index contributed by atoms with van der Waals surface area (Å²) >= 11 is 0. The Hall–Kier alpha value is -3.68. The molecule has 1 unspecified atom stereocenters. The highest BCUT2D eigenvalue weighted by atomic mass is 19.4. The Morgan fingerprint density at radius 3 is 2.38 bits per heavy atom. The summed E-state index contributed by atoms with van der Waals surface area (Å²) in [5, 5.41) is 12.3. The average Bonchev–Trinajstić information content (AvgIpc) is 3.32. The molecule has 162 valence electrons. The maximum atomic E-state index is 13.2.